The van der Waals surface area contributed by atoms with Crippen molar-refractivity contribution in [1.82, 2.24) is 9.88 Å². The first-order chi connectivity index (χ1) is 10.8. The topological polar surface area (TPSA) is 25.4 Å². The highest BCUT2D eigenvalue weighted by molar-refractivity contribution is 6.30. The van der Waals surface area contributed by atoms with Crippen LogP contribution in [0.2, 0.25) is 5.15 Å². The van der Waals surface area contributed by atoms with Gasteiger partial charge in [-0.15, -0.1) is 24.8 Å². The molecule has 0 unspecified atom stereocenters. The number of nitrogens with zero attached hydrogens (tertiary/aromatic N) is 2. The van der Waals surface area contributed by atoms with Crippen LogP contribution in [-0.2, 0) is 0 Å². The Hall–Kier alpha value is -0.740. The van der Waals surface area contributed by atoms with Crippen LogP contribution in [0.1, 0.15) is 39.2 Å². The van der Waals surface area contributed by atoms with Crippen LogP contribution in [0.25, 0.3) is 6.08 Å². The van der Waals surface area contributed by atoms with E-state index < -0.39 is 0 Å². The minimum atomic E-state index is 0. The Balaban J connectivity index is 0.00000288. The van der Waals surface area contributed by atoms with E-state index in [-0.39, 0.29) is 30.2 Å². The summed E-state index contributed by atoms with van der Waals surface area (Å²) in [4.78, 5) is 6.57. The molecule has 1 fully saturated rings. The minimum Gasteiger partial charge on any atom is -0.490 e. The largest absolute Gasteiger partial charge is 0.490 e. The third-order valence-electron chi connectivity index (χ3n) is 3.94. The fourth-order valence-electron chi connectivity index (χ4n) is 2.53. The van der Waals surface area contributed by atoms with Gasteiger partial charge >= 0.3 is 0 Å². The van der Waals surface area contributed by atoms with Gasteiger partial charge in [0.05, 0.1) is 6.20 Å². The SMILES string of the molecule is CN1CCC[C@H]1COc1cnc(Cl)c(C=CC=CC(C)(C)C)c1.Cl.Cl. The maximum absolute atomic E-state index is 6.17. The summed E-state index contributed by atoms with van der Waals surface area (Å²) in [5.74, 6) is 0.772. The average Bonchev–Trinajstić information content (AvgIpc) is 2.88. The van der Waals surface area contributed by atoms with Crippen molar-refractivity contribution in [3.05, 3.63) is 41.2 Å². The Kier molecular flexibility index (Phi) is 10.7. The quantitative estimate of drug-likeness (QED) is 0.464. The Bertz CT molecular complexity index is 583. The molecule has 3 nitrogen and oxygen atoms in total. The lowest BCUT2D eigenvalue weighted by atomic mass is 9.96. The number of hydrogen-bond donors (Lipinski definition) is 0. The van der Waals surface area contributed by atoms with Gasteiger partial charge in [-0.25, -0.2) is 4.98 Å². The maximum atomic E-state index is 6.17. The molecule has 1 aromatic heterocycles. The van der Waals surface area contributed by atoms with Crippen LogP contribution in [0, 0.1) is 5.41 Å². The Morgan fingerprint density at radius 3 is 2.64 bits per heavy atom. The zero-order valence-corrected chi connectivity index (χ0v) is 17.8. The van der Waals surface area contributed by atoms with Crippen molar-refractivity contribution in [2.75, 3.05) is 20.2 Å². The molecule has 0 saturated carbocycles. The lowest BCUT2D eigenvalue weighted by molar-refractivity contribution is 0.198. The predicted molar refractivity (Wildman–Crippen MR) is 113 cm³/mol. The fourth-order valence-corrected chi connectivity index (χ4v) is 2.69. The van der Waals surface area contributed by atoms with E-state index in [1.807, 2.05) is 24.3 Å². The Morgan fingerprint density at radius 2 is 2.04 bits per heavy atom. The molecule has 6 heteroatoms. The van der Waals surface area contributed by atoms with Gasteiger partial charge < -0.3 is 9.64 Å². The summed E-state index contributed by atoms with van der Waals surface area (Å²) in [6, 6.07) is 2.45. The van der Waals surface area contributed by atoms with Gasteiger partial charge in [0, 0.05) is 11.6 Å². The molecule has 0 spiro atoms. The standard InChI is InChI=1S/C19H27ClN2O.2ClH/c1-19(2,3)10-6-5-8-15-12-17(13-21-18(15)20)23-14-16-9-7-11-22(16)4;;/h5-6,8,10,12-13,16H,7,9,11,14H2,1-4H3;2*1H/t16-;;/m0../s1. The molecule has 0 amide bonds. The summed E-state index contributed by atoms with van der Waals surface area (Å²) in [6.07, 6.45) is 12.3. The average molecular weight is 408 g/mol. The van der Waals surface area contributed by atoms with Gasteiger partial charge in [0.2, 0.25) is 0 Å². The van der Waals surface area contributed by atoms with Crippen molar-refractivity contribution in [3.63, 3.8) is 0 Å². The molecule has 2 heterocycles. The van der Waals surface area contributed by atoms with E-state index in [1.54, 1.807) is 6.20 Å². The fraction of sp³-hybridized carbons (Fsp3) is 0.526. The Labute approximate surface area is 169 Å². The lowest BCUT2D eigenvalue weighted by Gasteiger charge is -2.19. The van der Waals surface area contributed by atoms with Gasteiger partial charge in [0.25, 0.3) is 0 Å². The van der Waals surface area contributed by atoms with Crippen LogP contribution in [0.3, 0.4) is 0 Å². The van der Waals surface area contributed by atoms with Gasteiger partial charge in [-0.1, -0.05) is 56.7 Å². The molecule has 0 aromatic carbocycles. The molecule has 1 saturated heterocycles. The second kappa shape index (κ2) is 11.1. The van der Waals surface area contributed by atoms with Crippen LogP contribution < -0.4 is 4.74 Å². The van der Waals surface area contributed by atoms with E-state index in [2.05, 4.69) is 43.8 Å². The molecule has 0 aliphatic carbocycles. The summed E-state index contributed by atoms with van der Waals surface area (Å²) >= 11 is 6.17. The second-order valence-electron chi connectivity index (χ2n) is 7.22. The third-order valence-corrected chi connectivity index (χ3v) is 4.25. The van der Waals surface area contributed by atoms with Crippen LogP contribution in [-0.4, -0.2) is 36.1 Å². The molecular weight excluding hydrogens is 379 g/mol. The van der Waals surface area contributed by atoms with Crippen molar-refractivity contribution < 1.29 is 4.74 Å². The van der Waals surface area contributed by atoms with Gasteiger partial charge in [0.1, 0.15) is 17.5 Å². The number of likely N-dealkylation sites (N-methyl/N-ethyl adjacent to an activating group) is 1. The molecule has 0 bridgehead atoms. The summed E-state index contributed by atoms with van der Waals surface area (Å²) in [5.41, 5.74) is 1.05. The summed E-state index contributed by atoms with van der Waals surface area (Å²) < 4.78 is 5.90. The molecule has 1 aromatic rings. The van der Waals surface area contributed by atoms with E-state index >= 15 is 0 Å². The molecule has 1 aliphatic rings. The molecule has 2 rings (SSSR count). The summed E-state index contributed by atoms with van der Waals surface area (Å²) in [5, 5.41) is 0.496. The highest BCUT2D eigenvalue weighted by Gasteiger charge is 2.21. The van der Waals surface area contributed by atoms with Crippen molar-refractivity contribution >= 4 is 42.5 Å². The molecule has 0 N–H and O–H groups in total. The number of aromatic nitrogens is 1. The first kappa shape index (κ1) is 24.3. The maximum Gasteiger partial charge on any atom is 0.138 e. The van der Waals surface area contributed by atoms with Gasteiger partial charge in [-0.3, -0.25) is 0 Å². The number of rotatable bonds is 5. The van der Waals surface area contributed by atoms with Crippen molar-refractivity contribution in [3.8, 4) is 5.75 Å². The molecule has 25 heavy (non-hydrogen) atoms. The van der Waals surface area contributed by atoms with E-state index in [1.165, 1.54) is 12.8 Å². The Morgan fingerprint density at radius 1 is 1.32 bits per heavy atom. The third kappa shape index (κ3) is 8.46. The molecular formula is C19H29Cl3N2O. The van der Waals surface area contributed by atoms with Gasteiger partial charge in [0.15, 0.2) is 0 Å². The molecule has 0 radical (unpaired) electrons. The van der Waals surface area contributed by atoms with Crippen LogP contribution in [0.5, 0.6) is 5.75 Å². The number of likely N-dealkylation sites (tertiary alicyclic amines) is 1. The summed E-state index contributed by atoms with van der Waals surface area (Å²) in [6.45, 7) is 8.36. The number of allylic oxidation sites excluding steroid dienone is 3. The molecule has 1 aliphatic heterocycles. The van der Waals surface area contributed by atoms with E-state index in [0.29, 0.717) is 17.8 Å². The molecule has 1 atom stereocenters. The summed E-state index contributed by atoms with van der Waals surface area (Å²) in [7, 11) is 2.15. The number of halogens is 3. The number of pyridine rings is 1. The van der Waals surface area contributed by atoms with Crippen LogP contribution in [0.4, 0.5) is 0 Å². The predicted octanol–water partition coefficient (Wildman–Crippen LogP) is 5.67. The lowest BCUT2D eigenvalue weighted by Crippen LogP contribution is -2.30. The molecule has 142 valence electrons. The first-order valence-corrected chi connectivity index (χ1v) is 8.57. The normalized spacial score (nSPS) is 18.4. The zero-order valence-electron chi connectivity index (χ0n) is 15.4. The zero-order chi connectivity index (χ0) is 16.9. The van der Waals surface area contributed by atoms with Gasteiger partial charge in [-0.2, -0.15) is 0 Å². The van der Waals surface area contributed by atoms with Gasteiger partial charge in [-0.05, 0) is 37.9 Å². The van der Waals surface area contributed by atoms with Crippen molar-refractivity contribution in [1.29, 1.82) is 0 Å². The van der Waals surface area contributed by atoms with Crippen molar-refractivity contribution in [2.24, 2.45) is 5.41 Å². The minimum absolute atomic E-state index is 0. The monoisotopic (exact) mass is 406 g/mol. The van der Waals surface area contributed by atoms with Crippen LogP contribution in [0.15, 0.2) is 30.5 Å². The second-order valence-corrected chi connectivity index (χ2v) is 7.58. The first-order valence-electron chi connectivity index (χ1n) is 8.20. The highest BCUT2D eigenvalue weighted by Crippen LogP contribution is 2.22. The van der Waals surface area contributed by atoms with E-state index in [0.717, 1.165) is 17.9 Å². The van der Waals surface area contributed by atoms with E-state index in [4.69, 9.17) is 16.3 Å². The van der Waals surface area contributed by atoms with Crippen LogP contribution >= 0.6 is 36.4 Å². The smallest absolute Gasteiger partial charge is 0.138 e. The van der Waals surface area contributed by atoms with E-state index in [9.17, 15) is 0 Å². The van der Waals surface area contributed by atoms with Crippen molar-refractivity contribution in [2.45, 2.75) is 39.7 Å². The number of ether oxygens (including phenoxy) is 1. The number of hydrogen-bond acceptors (Lipinski definition) is 3. The highest BCUT2D eigenvalue weighted by atomic mass is 35.5.